The van der Waals surface area contributed by atoms with Crippen LogP contribution in [0.15, 0.2) is 42.7 Å². The minimum absolute atomic E-state index is 0.0193. The zero-order valence-corrected chi connectivity index (χ0v) is 19.6. The number of ketones is 2. The molecule has 1 fully saturated rings. The molecule has 1 unspecified atom stereocenters. The minimum Gasteiger partial charge on any atom is -0.481 e. The van der Waals surface area contributed by atoms with Crippen molar-refractivity contribution in [2.45, 2.75) is 31.8 Å². The first-order valence-corrected chi connectivity index (χ1v) is 11.9. The molecule has 1 saturated heterocycles. The van der Waals surface area contributed by atoms with Crippen LogP contribution in [0.4, 0.5) is 0 Å². The number of benzene rings is 1. The molecule has 1 atom stereocenters. The number of amides is 1. The van der Waals surface area contributed by atoms with Gasteiger partial charge in [0.1, 0.15) is 5.76 Å². The molecule has 0 radical (unpaired) electrons. The Balaban J connectivity index is 1.41. The van der Waals surface area contributed by atoms with E-state index in [1.807, 2.05) is 54.2 Å². The van der Waals surface area contributed by atoms with Crippen LogP contribution in [-0.4, -0.2) is 72.1 Å². The zero-order valence-electron chi connectivity index (χ0n) is 19.6. The van der Waals surface area contributed by atoms with Crippen molar-refractivity contribution >= 4 is 28.8 Å². The molecule has 1 aromatic heterocycles. The van der Waals surface area contributed by atoms with Crippen molar-refractivity contribution in [1.82, 2.24) is 14.8 Å². The molecule has 0 saturated carbocycles. The summed E-state index contributed by atoms with van der Waals surface area (Å²) in [5.74, 6) is 0.876. The van der Waals surface area contributed by atoms with E-state index in [0.29, 0.717) is 43.8 Å². The highest BCUT2D eigenvalue weighted by molar-refractivity contribution is 6.31. The van der Waals surface area contributed by atoms with Crippen LogP contribution in [-0.2, 0) is 20.7 Å². The van der Waals surface area contributed by atoms with Crippen LogP contribution in [0.2, 0.25) is 0 Å². The predicted molar refractivity (Wildman–Crippen MR) is 128 cm³/mol. The van der Waals surface area contributed by atoms with E-state index < -0.39 is 6.10 Å². The molecule has 34 heavy (non-hydrogen) atoms. The molecule has 1 aromatic carbocycles. The molecule has 2 aromatic rings. The van der Waals surface area contributed by atoms with Crippen LogP contribution in [0, 0.1) is 5.92 Å². The number of hydrogen-bond acceptors (Lipinski definition) is 6. The Morgan fingerprint density at radius 3 is 2.50 bits per heavy atom. The van der Waals surface area contributed by atoms with Crippen molar-refractivity contribution < 1.29 is 19.1 Å². The second kappa shape index (κ2) is 9.14. The Morgan fingerprint density at radius 1 is 1.06 bits per heavy atom. The summed E-state index contributed by atoms with van der Waals surface area (Å²) in [4.78, 5) is 46.2. The largest absolute Gasteiger partial charge is 0.481 e. The number of carbonyl (C=O) groups is 3. The monoisotopic (exact) mass is 459 g/mol. The third kappa shape index (κ3) is 4.16. The number of nitrogens with zero attached hydrogens (tertiary/aromatic N) is 3. The first-order valence-electron chi connectivity index (χ1n) is 11.9. The molecule has 7 heteroatoms. The van der Waals surface area contributed by atoms with E-state index in [1.165, 1.54) is 0 Å². The summed E-state index contributed by atoms with van der Waals surface area (Å²) >= 11 is 0. The number of fused-ring (bicyclic) bond motifs is 1. The van der Waals surface area contributed by atoms with Gasteiger partial charge in [0.05, 0.1) is 12.1 Å². The Kier molecular flexibility index (Phi) is 6.04. The van der Waals surface area contributed by atoms with E-state index in [-0.39, 0.29) is 23.4 Å². The van der Waals surface area contributed by atoms with Crippen LogP contribution >= 0.6 is 0 Å². The summed E-state index contributed by atoms with van der Waals surface area (Å²) in [5, 5.41) is 0. The highest BCUT2D eigenvalue weighted by atomic mass is 16.5. The molecule has 7 nitrogen and oxygen atoms in total. The van der Waals surface area contributed by atoms with Crippen LogP contribution in [0.5, 0.6) is 0 Å². The molecule has 5 rings (SSSR count). The number of rotatable bonds is 5. The fraction of sp³-hybridized carbons (Fsp3) is 0.407. The SMILES string of the molecule is CN(C)CC(=O)N1CCC(C2OC(c3ccncc3)=C(c3ccc4c(c3)CCC4=O)C2=O)CC1. The quantitative estimate of drug-likeness (QED) is 0.684. The Morgan fingerprint density at radius 2 is 1.79 bits per heavy atom. The average Bonchev–Trinajstić information content (AvgIpc) is 3.38. The number of likely N-dealkylation sites (N-methyl/N-ethyl adjacent to an activating group) is 1. The molecular formula is C27H29N3O4. The predicted octanol–water partition coefficient (Wildman–Crippen LogP) is 2.85. The van der Waals surface area contributed by atoms with Gasteiger partial charge in [-0.05, 0) is 56.6 Å². The summed E-state index contributed by atoms with van der Waals surface area (Å²) in [6, 6.07) is 9.38. The molecule has 1 aliphatic carbocycles. The number of hydrogen-bond donors (Lipinski definition) is 0. The van der Waals surface area contributed by atoms with Crippen LogP contribution in [0.25, 0.3) is 11.3 Å². The maximum Gasteiger partial charge on any atom is 0.236 e. The molecule has 1 amide bonds. The third-order valence-electron chi connectivity index (χ3n) is 7.01. The Hall–Kier alpha value is -3.32. The van der Waals surface area contributed by atoms with Gasteiger partial charge in [-0.3, -0.25) is 19.4 Å². The fourth-order valence-corrected chi connectivity index (χ4v) is 5.23. The minimum atomic E-state index is -0.570. The van der Waals surface area contributed by atoms with Crippen molar-refractivity contribution in [3.8, 4) is 0 Å². The average molecular weight is 460 g/mol. The number of likely N-dealkylation sites (tertiary alicyclic amines) is 1. The number of carbonyl (C=O) groups excluding carboxylic acids is 3. The van der Waals surface area contributed by atoms with Gasteiger partial charge in [-0.25, -0.2) is 0 Å². The van der Waals surface area contributed by atoms with Gasteiger partial charge in [0.2, 0.25) is 11.7 Å². The van der Waals surface area contributed by atoms with Crippen molar-refractivity contribution in [2.24, 2.45) is 5.92 Å². The van der Waals surface area contributed by atoms with Gasteiger partial charge in [-0.2, -0.15) is 0 Å². The second-order valence-corrected chi connectivity index (χ2v) is 9.59. The van der Waals surface area contributed by atoms with E-state index in [9.17, 15) is 14.4 Å². The zero-order chi connectivity index (χ0) is 23.8. The maximum atomic E-state index is 13.8. The lowest BCUT2D eigenvalue weighted by Crippen LogP contribution is -2.45. The summed E-state index contributed by atoms with van der Waals surface area (Å²) in [6.45, 7) is 1.65. The topological polar surface area (TPSA) is 79.8 Å². The molecule has 0 N–H and O–H groups in total. The van der Waals surface area contributed by atoms with Gasteiger partial charge in [0.15, 0.2) is 11.9 Å². The van der Waals surface area contributed by atoms with Crippen LogP contribution in [0.1, 0.15) is 46.3 Å². The first kappa shape index (κ1) is 22.5. The standard InChI is InChI=1S/C27H29N3O4/c1-29(2)16-23(32)30-13-9-18(10-14-30)27-25(33)24(26(34-27)17-7-11-28-12-8-17)20-3-5-21-19(15-20)4-6-22(21)31/h3,5,7-8,11-12,15,18,27H,4,6,9-10,13-14,16H2,1-2H3. The number of aryl methyl sites for hydroxylation is 1. The summed E-state index contributed by atoms with van der Waals surface area (Å²) in [5.41, 5.74) is 3.94. The lowest BCUT2D eigenvalue weighted by molar-refractivity contribution is -0.134. The number of pyridine rings is 1. The van der Waals surface area contributed by atoms with Crippen LogP contribution in [0.3, 0.4) is 0 Å². The second-order valence-electron chi connectivity index (χ2n) is 9.59. The normalized spacial score (nSPS) is 20.8. The van der Waals surface area contributed by atoms with Gasteiger partial charge < -0.3 is 14.5 Å². The highest BCUT2D eigenvalue weighted by Crippen LogP contribution is 2.41. The number of aromatic nitrogens is 1. The maximum absolute atomic E-state index is 13.8. The molecule has 3 heterocycles. The van der Waals surface area contributed by atoms with Crippen molar-refractivity contribution in [3.63, 3.8) is 0 Å². The van der Waals surface area contributed by atoms with E-state index in [4.69, 9.17) is 4.74 Å². The van der Waals surface area contributed by atoms with E-state index >= 15 is 0 Å². The fourth-order valence-electron chi connectivity index (χ4n) is 5.23. The van der Waals surface area contributed by atoms with Gasteiger partial charge in [0.25, 0.3) is 0 Å². The van der Waals surface area contributed by atoms with Crippen molar-refractivity contribution in [3.05, 3.63) is 65.0 Å². The lowest BCUT2D eigenvalue weighted by Gasteiger charge is -2.34. The summed E-state index contributed by atoms with van der Waals surface area (Å²) < 4.78 is 6.39. The lowest BCUT2D eigenvalue weighted by atomic mass is 9.86. The first-order chi connectivity index (χ1) is 16.4. The Bertz CT molecular complexity index is 1160. The van der Waals surface area contributed by atoms with Crippen molar-refractivity contribution in [2.75, 3.05) is 33.7 Å². The van der Waals surface area contributed by atoms with Crippen LogP contribution < -0.4 is 0 Å². The van der Waals surface area contributed by atoms with E-state index in [1.54, 1.807) is 12.4 Å². The molecule has 176 valence electrons. The summed E-state index contributed by atoms with van der Waals surface area (Å²) in [6.07, 6.45) is 5.50. The van der Waals surface area contributed by atoms with Gasteiger partial charge >= 0.3 is 0 Å². The van der Waals surface area contributed by atoms with E-state index in [2.05, 4.69) is 4.98 Å². The highest BCUT2D eigenvalue weighted by Gasteiger charge is 2.42. The Labute approximate surface area is 199 Å². The molecule has 0 spiro atoms. The number of piperidine rings is 1. The smallest absolute Gasteiger partial charge is 0.236 e. The number of ether oxygens (including phenoxy) is 1. The molecule has 2 aliphatic heterocycles. The van der Waals surface area contributed by atoms with Crippen molar-refractivity contribution in [1.29, 1.82) is 0 Å². The third-order valence-corrected chi connectivity index (χ3v) is 7.01. The molecule has 0 bridgehead atoms. The van der Waals surface area contributed by atoms with Gasteiger partial charge in [-0.15, -0.1) is 0 Å². The summed E-state index contributed by atoms with van der Waals surface area (Å²) in [7, 11) is 3.77. The molecule has 3 aliphatic rings. The van der Waals surface area contributed by atoms with E-state index in [0.717, 1.165) is 35.1 Å². The van der Waals surface area contributed by atoms with Gasteiger partial charge in [-0.1, -0.05) is 18.2 Å². The molecular weight excluding hydrogens is 430 g/mol. The van der Waals surface area contributed by atoms with Gasteiger partial charge in [0, 0.05) is 48.9 Å². The number of Topliss-reactive ketones (excluding diaryl/α,β-unsaturated/α-hetero) is 2.